The molecule has 0 bridgehead atoms. The van der Waals surface area contributed by atoms with Gasteiger partial charge < -0.3 is 19.9 Å². The minimum Gasteiger partial charge on any atom is -0.389 e. The zero-order chi connectivity index (χ0) is 14.4. The van der Waals surface area contributed by atoms with Crippen molar-refractivity contribution in [3.8, 4) is 0 Å². The normalized spacial score (nSPS) is 36.1. The molecule has 1 heterocycles. The Bertz CT molecular complexity index is 258. The lowest BCUT2D eigenvalue weighted by Crippen LogP contribution is -2.41. The minimum atomic E-state index is -0.413. The van der Waals surface area contributed by atoms with Gasteiger partial charge in [-0.2, -0.15) is 0 Å². The Labute approximate surface area is 123 Å². The third-order valence-electron chi connectivity index (χ3n) is 4.46. The third-order valence-corrected chi connectivity index (χ3v) is 4.46. The van der Waals surface area contributed by atoms with Gasteiger partial charge in [0.05, 0.1) is 25.4 Å². The van der Waals surface area contributed by atoms with Gasteiger partial charge in [0.15, 0.2) is 0 Å². The molecule has 20 heavy (non-hydrogen) atoms. The smallest absolute Gasteiger partial charge is 0.0897 e. The van der Waals surface area contributed by atoms with Crippen molar-refractivity contribution < 1.29 is 14.6 Å². The van der Waals surface area contributed by atoms with E-state index in [0.717, 1.165) is 31.3 Å². The molecule has 2 fully saturated rings. The van der Waals surface area contributed by atoms with Gasteiger partial charge in [-0.15, -0.1) is 0 Å². The molecule has 0 radical (unpaired) electrons. The van der Waals surface area contributed by atoms with Gasteiger partial charge in [0, 0.05) is 19.2 Å². The summed E-state index contributed by atoms with van der Waals surface area (Å²) in [5.74, 6) is 1.59. The molecule has 4 atom stereocenters. The van der Waals surface area contributed by atoms with Crippen molar-refractivity contribution >= 4 is 0 Å². The van der Waals surface area contributed by atoms with Crippen LogP contribution >= 0.6 is 0 Å². The van der Waals surface area contributed by atoms with Gasteiger partial charge >= 0.3 is 0 Å². The Kier molecular flexibility index (Phi) is 6.75. The number of ether oxygens (including phenoxy) is 2. The van der Waals surface area contributed by atoms with Crippen molar-refractivity contribution in [2.75, 3.05) is 26.4 Å². The Balaban J connectivity index is 1.53. The summed E-state index contributed by atoms with van der Waals surface area (Å²) < 4.78 is 11.0. The molecule has 4 nitrogen and oxygen atoms in total. The van der Waals surface area contributed by atoms with Crippen LogP contribution in [-0.4, -0.2) is 49.7 Å². The predicted molar refractivity (Wildman–Crippen MR) is 79.8 cm³/mol. The zero-order valence-corrected chi connectivity index (χ0v) is 13.0. The summed E-state index contributed by atoms with van der Waals surface area (Å²) in [6.45, 7) is 7.17. The van der Waals surface area contributed by atoms with E-state index in [9.17, 15) is 5.11 Å². The van der Waals surface area contributed by atoms with Crippen LogP contribution in [-0.2, 0) is 9.47 Å². The highest BCUT2D eigenvalue weighted by atomic mass is 16.5. The van der Waals surface area contributed by atoms with Gasteiger partial charge in [0.1, 0.15) is 0 Å². The van der Waals surface area contributed by atoms with Crippen molar-refractivity contribution in [1.82, 2.24) is 5.32 Å². The van der Waals surface area contributed by atoms with E-state index in [2.05, 4.69) is 19.2 Å². The Morgan fingerprint density at radius 1 is 1.25 bits per heavy atom. The maximum Gasteiger partial charge on any atom is 0.0897 e. The fourth-order valence-electron chi connectivity index (χ4n) is 3.59. The summed E-state index contributed by atoms with van der Waals surface area (Å²) in [5, 5.41) is 13.5. The summed E-state index contributed by atoms with van der Waals surface area (Å²) in [6, 6.07) is 0.557. The van der Waals surface area contributed by atoms with Crippen LogP contribution in [0.4, 0.5) is 0 Å². The average molecular weight is 285 g/mol. The zero-order valence-electron chi connectivity index (χ0n) is 13.0. The predicted octanol–water partition coefficient (Wildman–Crippen LogP) is 1.96. The number of hydrogen-bond donors (Lipinski definition) is 2. The number of aliphatic hydroxyl groups is 1. The fourth-order valence-corrected chi connectivity index (χ4v) is 3.59. The van der Waals surface area contributed by atoms with Gasteiger partial charge in [-0.3, -0.25) is 0 Å². The first-order valence-electron chi connectivity index (χ1n) is 8.24. The second-order valence-corrected chi connectivity index (χ2v) is 6.85. The van der Waals surface area contributed by atoms with Gasteiger partial charge in [0.2, 0.25) is 0 Å². The quantitative estimate of drug-likeness (QED) is 0.751. The van der Waals surface area contributed by atoms with Crippen molar-refractivity contribution in [3.63, 3.8) is 0 Å². The van der Waals surface area contributed by atoms with E-state index in [1.54, 1.807) is 0 Å². The van der Waals surface area contributed by atoms with E-state index in [4.69, 9.17) is 9.47 Å². The van der Waals surface area contributed by atoms with E-state index in [1.807, 2.05) is 0 Å². The molecule has 1 aliphatic carbocycles. The maximum atomic E-state index is 9.96. The van der Waals surface area contributed by atoms with Crippen LogP contribution < -0.4 is 5.32 Å². The van der Waals surface area contributed by atoms with Gasteiger partial charge in [-0.1, -0.05) is 13.8 Å². The van der Waals surface area contributed by atoms with E-state index in [1.165, 1.54) is 19.3 Å². The first kappa shape index (κ1) is 16.2. The molecular formula is C16H31NO3. The summed E-state index contributed by atoms with van der Waals surface area (Å²) in [6.07, 6.45) is 5.86. The highest BCUT2D eigenvalue weighted by Gasteiger charge is 2.24. The molecule has 4 unspecified atom stereocenters. The molecule has 0 spiro atoms. The fraction of sp³-hybridized carbons (Fsp3) is 1.00. The van der Waals surface area contributed by atoms with Crippen LogP contribution in [0.2, 0.25) is 0 Å². The van der Waals surface area contributed by atoms with E-state index < -0.39 is 6.10 Å². The molecule has 0 aromatic rings. The minimum absolute atomic E-state index is 0.246. The lowest BCUT2D eigenvalue weighted by molar-refractivity contribution is -0.0174. The molecule has 0 aromatic carbocycles. The summed E-state index contributed by atoms with van der Waals surface area (Å²) in [5.41, 5.74) is 0. The molecule has 1 aliphatic heterocycles. The number of rotatable bonds is 7. The van der Waals surface area contributed by atoms with E-state index in [0.29, 0.717) is 25.8 Å². The third kappa shape index (κ3) is 5.68. The standard InChI is InChI=1S/C16H31NO3/c1-12-6-13(2)8-14(7-12)17-9-15(18)10-19-11-16-4-3-5-20-16/h12-18H,3-11H2,1-2H3. The number of hydrogen-bond acceptors (Lipinski definition) is 4. The molecular weight excluding hydrogens is 254 g/mol. The lowest BCUT2D eigenvalue weighted by Gasteiger charge is -2.32. The van der Waals surface area contributed by atoms with E-state index >= 15 is 0 Å². The largest absolute Gasteiger partial charge is 0.389 e. The Hall–Kier alpha value is -0.160. The molecule has 1 saturated heterocycles. The molecule has 2 aliphatic rings. The second-order valence-electron chi connectivity index (χ2n) is 6.85. The Morgan fingerprint density at radius 3 is 2.65 bits per heavy atom. The average Bonchev–Trinajstić information content (AvgIpc) is 2.88. The summed E-state index contributed by atoms with van der Waals surface area (Å²) >= 11 is 0. The van der Waals surface area contributed by atoms with Crippen LogP contribution in [0.3, 0.4) is 0 Å². The molecule has 2 rings (SSSR count). The van der Waals surface area contributed by atoms with Gasteiger partial charge in [-0.25, -0.2) is 0 Å². The first-order valence-corrected chi connectivity index (χ1v) is 8.24. The number of aliphatic hydroxyl groups excluding tert-OH is 1. The molecule has 2 N–H and O–H groups in total. The van der Waals surface area contributed by atoms with Crippen LogP contribution in [0.5, 0.6) is 0 Å². The molecule has 1 saturated carbocycles. The molecule has 0 aromatic heterocycles. The van der Waals surface area contributed by atoms with Crippen LogP contribution in [0.25, 0.3) is 0 Å². The van der Waals surface area contributed by atoms with Crippen molar-refractivity contribution in [3.05, 3.63) is 0 Å². The van der Waals surface area contributed by atoms with Crippen LogP contribution in [0, 0.1) is 11.8 Å². The van der Waals surface area contributed by atoms with Crippen molar-refractivity contribution in [2.45, 2.75) is 64.2 Å². The van der Waals surface area contributed by atoms with Gasteiger partial charge in [-0.05, 0) is 43.9 Å². The molecule has 118 valence electrons. The topological polar surface area (TPSA) is 50.7 Å². The molecule has 0 amide bonds. The first-order chi connectivity index (χ1) is 9.63. The maximum absolute atomic E-state index is 9.96. The molecule has 4 heteroatoms. The summed E-state index contributed by atoms with van der Waals surface area (Å²) in [7, 11) is 0. The Morgan fingerprint density at radius 2 is 2.00 bits per heavy atom. The van der Waals surface area contributed by atoms with Crippen LogP contribution in [0.1, 0.15) is 46.0 Å². The van der Waals surface area contributed by atoms with Gasteiger partial charge in [0.25, 0.3) is 0 Å². The number of nitrogens with one attached hydrogen (secondary N) is 1. The monoisotopic (exact) mass is 285 g/mol. The highest BCUT2D eigenvalue weighted by molar-refractivity contribution is 4.80. The van der Waals surface area contributed by atoms with Crippen LogP contribution in [0.15, 0.2) is 0 Å². The van der Waals surface area contributed by atoms with E-state index in [-0.39, 0.29) is 6.10 Å². The second kappa shape index (κ2) is 8.32. The van der Waals surface area contributed by atoms with Crippen molar-refractivity contribution in [2.24, 2.45) is 11.8 Å². The SMILES string of the molecule is CC1CC(C)CC(NCC(O)COCC2CCCO2)C1. The lowest BCUT2D eigenvalue weighted by atomic mass is 9.80. The highest BCUT2D eigenvalue weighted by Crippen LogP contribution is 2.28. The van der Waals surface area contributed by atoms with Crippen molar-refractivity contribution in [1.29, 1.82) is 0 Å². The summed E-state index contributed by atoms with van der Waals surface area (Å²) in [4.78, 5) is 0.